The van der Waals surface area contributed by atoms with Crippen molar-refractivity contribution in [3.05, 3.63) is 34.9 Å². The second kappa shape index (κ2) is 10.6. The molecule has 184 valence electrons. The number of carbonyl (C=O) groups excluding carboxylic acids is 2. The molecule has 1 aliphatic carbocycles. The minimum Gasteiger partial charge on any atom is -0.465 e. The van der Waals surface area contributed by atoms with Crippen LogP contribution in [0.25, 0.3) is 6.08 Å². The van der Waals surface area contributed by atoms with Gasteiger partial charge in [-0.15, -0.1) is 0 Å². The van der Waals surface area contributed by atoms with Crippen LogP contribution in [0.5, 0.6) is 5.75 Å². The third-order valence-electron chi connectivity index (χ3n) is 5.10. The van der Waals surface area contributed by atoms with Crippen molar-refractivity contribution < 1.29 is 44.8 Å². The molecule has 4 aliphatic heterocycles. The normalized spacial score (nSPS) is 21.2. The summed E-state index contributed by atoms with van der Waals surface area (Å²) in [6, 6.07) is 3.41. The van der Waals surface area contributed by atoms with Gasteiger partial charge in [0.15, 0.2) is 5.75 Å². The minimum atomic E-state index is -3.93. The molecule has 0 spiro atoms. The van der Waals surface area contributed by atoms with Gasteiger partial charge in [-0.25, -0.2) is 9.59 Å². The van der Waals surface area contributed by atoms with Gasteiger partial charge in [0.2, 0.25) is 0 Å². The maximum absolute atomic E-state index is 12.8. The van der Waals surface area contributed by atoms with E-state index in [9.17, 15) is 31.2 Å². The Balaban J connectivity index is 0.000000890. The standard InChI is InChI=1S/C21H26O7S.CHF3/c1-21(2,3)27-18(22)10-7-14-11-15-12-17(20(23)26-4)19(14)28-29(24,25)16-8-5-13(15)6-9-16;2-1(3)4/h7,10-13,16H,5-6,8-9H2,1-4H3;1H. The van der Waals surface area contributed by atoms with Crippen LogP contribution in [-0.2, 0) is 24.4 Å². The molecule has 0 atom stereocenters. The summed E-state index contributed by atoms with van der Waals surface area (Å²) in [5, 5.41) is -0.610. The van der Waals surface area contributed by atoms with Crippen molar-refractivity contribution in [1.82, 2.24) is 0 Å². The number of rotatable bonds is 3. The molecule has 0 radical (unpaired) electrons. The summed E-state index contributed by atoms with van der Waals surface area (Å²) in [7, 11) is -2.71. The van der Waals surface area contributed by atoms with Crippen molar-refractivity contribution in [3.8, 4) is 5.75 Å². The second-order valence-corrected chi connectivity index (χ2v) is 10.5. The number of benzene rings is 1. The molecule has 11 heteroatoms. The minimum absolute atomic E-state index is 0.0324. The van der Waals surface area contributed by atoms with Crippen molar-refractivity contribution in [2.24, 2.45) is 0 Å². The van der Waals surface area contributed by atoms with Gasteiger partial charge >= 0.3 is 28.7 Å². The first-order valence-corrected chi connectivity index (χ1v) is 11.7. The highest BCUT2D eigenvalue weighted by Gasteiger charge is 2.37. The van der Waals surface area contributed by atoms with E-state index in [1.807, 2.05) is 0 Å². The molecule has 1 saturated carbocycles. The van der Waals surface area contributed by atoms with Crippen LogP contribution in [0.3, 0.4) is 0 Å². The Labute approximate surface area is 191 Å². The SMILES string of the molecule is COC(=O)c1cc2cc(C=CC(=O)OC(C)(C)C)c1OS(=O)(=O)C1CCC2CC1.FC(F)F. The summed E-state index contributed by atoms with van der Waals surface area (Å²) < 4.78 is 70.2. The molecule has 4 bridgehead atoms. The zero-order valence-corrected chi connectivity index (χ0v) is 19.6. The van der Waals surface area contributed by atoms with E-state index in [1.54, 1.807) is 32.9 Å². The first kappa shape index (κ1) is 26.7. The highest BCUT2D eigenvalue weighted by molar-refractivity contribution is 7.87. The van der Waals surface area contributed by atoms with Gasteiger partial charge in [0.05, 0.1) is 12.4 Å². The lowest BCUT2D eigenvalue weighted by atomic mass is 9.82. The van der Waals surface area contributed by atoms with Crippen LogP contribution in [0.1, 0.15) is 73.9 Å². The van der Waals surface area contributed by atoms with E-state index in [0.717, 1.165) is 5.56 Å². The third-order valence-corrected chi connectivity index (χ3v) is 6.79. The van der Waals surface area contributed by atoms with Gasteiger partial charge in [-0.3, -0.25) is 0 Å². The van der Waals surface area contributed by atoms with Gasteiger partial charge in [0.25, 0.3) is 0 Å². The summed E-state index contributed by atoms with van der Waals surface area (Å²) in [6.45, 7) is 1.58. The Bertz CT molecular complexity index is 1000. The quantitative estimate of drug-likeness (QED) is 0.341. The Kier molecular flexibility index (Phi) is 8.56. The Morgan fingerprint density at radius 3 is 2.21 bits per heavy atom. The molecule has 4 heterocycles. The van der Waals surface area contributed by atoms with Crippen LogP contribution in [0, 0.1) is 0 Å². The number of hydrogen-bond acceptors (Lipinski definition) is 7. The third kappa shape index (κ3) is 7.48. The molecule has 0 aromatic heterocycles. The van der Waals surface area contributed by atoms with E-state index in [4.69, 9.17) is 13.7 Å². The van der Waals surface area contributed by atoms with Crippen LogP contribution in [0.15, 0.2) is 18.2 Å². The summed E-state index contributed by atoms with van der Waals surface area (Å²) in [4.78, 5) is 24.5. The second-order valence-electron chi connectivity index (χ2n) is 8.64. The highest BCUT2D eigenvalue weighted by atomic mass is 32.2. The number of ether oxygens (including phenoxy) is 2. The topological polar surface area (TPSA) is 96.0 Å². The number of methoxy groups -OCH3 is 1. The highest BCUT2D eigenvalue weighted by Crippen LogP contribution is 2.42. The number of hydrogen-bond donors (Lipinski definition) is 0. The van der Waals surface area contributed by atoms with E-state index < -0.39 is 39.6 Å². The van der Waals surface area contributed by atoms with E-state index >= 15 is 0 Å². The van der Waals surface area contributed by atoms with E-state index in [1.165, 1.54) is 19.3 Å². The van der Waals surface area contributed by atoms with E-state index in [-0.39, 0.29) is 17.2 Å². The molecule has 0 amide bonds. The summed E-state index contributed by atoms with van der Waals surface area (Å²) in [6.07, 6.45) is 5.02. The number of esters is 2. The largest absolute Gasteiger partial charge is 0.465 e. The van der Waals surface area contributed by atoms with Gasteiger partial charge in [-0.05, 0) is 76.1 Å². The van der Waals surface area contributed by atoms with Crippen molar-refractivity contribution in [2.75, 3.05) is 7.11 Å². The fraction of sp³-hybridized carbons (Fsp3) is 0.545. The van der Waals surface area contributed by atoms with Crippen LogP contribution in [-0.4, -0.2) is 45.0 Å². The maximum Gasteiger partial charge on any atom is 0.379 e. The molecule has 0 saturated heterocycles. The van der Waals surface area contributed by atoms with Gasteiger partial charge in [0.1, 0.15) is 11.2 Å². The molecule has 1 fully saturated rings. The van der Waals surface area contributed by atoms with Gasteiger partial charge < -0.3 is 13.7 Å². The summed E-state index contributed by atoms with van der Waals surface area (Å²) >= 11 is 0. The van der Waals surface area contributed by atoms with Gasteiger partial charge in [0, 0.05) is 11.6 Å². The molecule has 5 aliphatic rings. The Morgan fingerprint density at radius 2 is 1.70 bits per heavy atom. The number of alkyl halides is 3. The van der Waals surface area contributed by atoms with Crippen LogP contribution in [0.2, 0.25) is 0 Å². The predicted octanol–water partition coefficient (Wildman–Crippen LogP) is 4.76. The molecule has 0 N–H and O–H groups in total. The summed E-state index contributed by atoms with van der Waals surface area (Å²) in [5.74, 6) is -1.26. The number of halogens is 3. The lowest BCUT2D eigenvalue weighted by Gasteiger charge is -2.31. The van der Waals surface area contributed by atoms with E-state index in [0.29, 0.717) is 31.2 Å². The Hall–Kier alpha value is -2.56. The molecule has 33 heavy (non-hydrogen) atoms. The molecule has 1 aromatic rings. The van der Waals surface area contributed by atoms with Crippen molar-refractivity contribution >= 4 is 28.1 Å². The first-order chi connectivity index (χ1) is 15.2. The fourth-order valence-electron chi connectivity index (χ4n) is 3.75. The average Bonchev–Trinajstić information content (AvgIpc) is 2.70. The number of carbonyl (C=O) groups is 2. The fourth-order valence-corrected chi connectivity index (χ4v) is 5.16. The zero-order valence-electron chi connectivity index (χ0n) is 18.8. The van der Waals surface area contributed by atoms with Gasteiger partial charge in [-0.1, -0.05) is 0 Å². The first-order valence-electron chi connectivity index (χ1n) is 10.3. The van der Waals surface area contributed by atoms with Crippen LogP contribution < -0.4 is 4.18 Å². The summed E-state index contributed by atoms with van der Waals surface area (Å²) in [5.41, 5.74) is 0.595. The molecule has 6 rings (SSSR count). The predicted molar refractivity (Wildman–Crippen MR) is 114 cm³/mol. The van der Waals surface area contributed by atoms with Crippen molar-refractivity contribution in [1.29, 1.82) is 0 Å². The van der Waals surface area contributed by atoms with Gasteiger partial charge in [-0.2, -0.15) is 21.6 Å². The molecular weight excluding hydrogens is 465 g/mol. The maximum atomic E-state index is 12.8. The van der Waals surface area contributed by atoms with Crippen molar-refractivity contribution in [2.45, 2.75) is 69.9 Å². The van der Waals surface area contributed by atoms with Crippen LogP contribution >= 0.6 is 0 Å². The smallest absolute Gasteiger partial charge is 0.379 e. The average molecular weight is 493 g/mol. The molecule has 7 nitrogen and oxygen atoms in total. The lowest BCUT2D eigenvalue weighted by Crippen LogP contribution is -2.32. The molecular formula is C22H27F3O7S. The van der Waals surface area contributed by atoms with Crippen molar-refractivity contribution in [3.63, 3.8) is 0 Å². The lowest BCUT2D eigenvalue weighted by molar-refractivity contribution is -0.148. The Morgan fingerprint density at radius 1 is 1.12 bits per heavy atom. The monoisotopic (exact) mass is 492 g/mol. The zero-order chi connectivity index (χ0) is 25.0. The molecule has 1 aromatic carbocycles. The molecule has 0 unspecified atom stereocenters. The van der Waals surface area contributed by atoms with E-state index in [2.05, 4.69) is 0 Å². The van der Waals surface area contributed by atoms with Crippen LogP contribution in [0.4, 0.5) is 13.2 Å².